The third-order valence-electron chi connectivity index (χ3n) is 5.96. The van der Waals surface area contributed by atoms with Crippen molar-refractivity contribution in [3.63, 3.8) is 0 Å². The lowest BCUT2D eigenvalue weighted by molar-refractivity contribution is -0.129. The van der Waals surface area contributed by atoms with Crippen molar-refractivity contribution in [2.75, 3.05) is 16.5 Å². The van der Waals surface area contributed by atoms with Crippen molar-refractivity contribution in [2.24, 2.45) is 5.10 Å². The van der Waals surface area contributed by atoms with Crippen LogP contribution in [0.2, 0.25) is 0 Å². The molecule has 0 aliphatic carbocycles. The molecule has 1 amide bonds. The smallest absolute Gasteiger partial charge is 0.357 e. The van der Waals surface area contributed by atoms with Gasteiger partial charge in [0.1, 0.15) is 0 Å². The van der Waals surface area contributed by atoms with Gasteiger partial charge in [-0.1, -0.05) is 42.0 Å². The summed E-state index contributed by atoms with van der Waals surface area (Å²) in [4.78, 5) is 27.2. The van der Waals surface area contributed by atoms with E-state index in [0.717, 1.165) is 41.3 Å². The minimum atomic E-state index is -1.23. The summed E-state index contributed by atoms with van der Waals surface area (Å²) < 4.78 is 0. The predicted molar refractivity (Wildman–Crippen MR) is 130 cm³/mol. The van der Waals surface area contributed by atoms with E-state index in [4.69, 9.17) is 0 Å². The maximum atomic E-state index is 13.0. The number of para-hydroxylation sites is 1. The first kappa shape index (κ1) is 20.7. The molecule has 2 heterocycles. The Morgan fingerprint density at radius 2 is 1.76 bits per heavy atom. The summed E-state index contributed by atoms with van der Waals surface area (Å²) in [6, 6.07) is 23.3. The minimum absolute atomic E-state index is 0.0810. The third-order valence-corrected chi connectivity index (χ3v) is 5.96. The lowest BCUT2D eigenvalue weighted by Gasteiger charge is -2.31. The Kier molecular flexibility index (Phi) is 5.26. The van der Waals surface area contributed by atoms with Gasteiger partial charge < -0.3 is 10.0 Å². The summed E-state index contributed by atoms with van der Waals surface area (Å²) in [5, 5.41) is 14.9. The van der Waals surface area contributed by atoms with Crippen molar-refractivity contribution >= 4 is 40.7 Å². The van der Waals surface area contributed by atoms with E-state index in [9.17, 15) is 14.7 Å². The van der Waals surface area contributed by atoms with Gasteiger partial charge in [0.15, 0.2) is 5.71 Å². The van der Waals surface area contributed by atoms with Crippen LogP contribution in [0.1, 0.15) is 23.1 Å². The number of amides is 1. The first-order chi connectivity index (χ1) is 16.0. The van der Waals surface area contributed by atoms with E-state index in [2.05, 4.69) is 41.2 Å². The van der Waals surface area contributed by atoms with Crippen molar-refractivity contribution in [3.05, 3.63) is 95.1 Å². The van der Waals surface area contributed by atoms with Gasteiger partial charge in [-0.15, -0.1) is 0 Å². The standard InChI is InChI=1S/C27H23N3O3/c1-18-9-12-21(13-10-18)29-15-5-6-20-16-19(11-14-24(20)29)17-23-25(27(32)33)28-30(26(23)31)22-7-3-2-4-8-22/h2-4,7-14,16-17H,5-6,15H2,1H3,(H,32,33)/b23-17-. The molecule has 0 atom stereocenters. The predicted octanol–water partition coefficient (Wildman–Crippen LogP) is 4.95. The maximum Gasteiger partial charge on any atom is 0.357 e. The number of aliphatic carboxylic acids is 1. The summed E-state index contributed by atoms with van der Waals surface area (Å²) in [5.74, 6) is -1.67. The zero-order chi connectivity index (χ0) is 22.9. The number of nitrogens with zero attached hydrogens (tertiary/aromatic N) is 3. The first-order valence-electron chi connectivity index (χ1n) is 10.9. The Morgan fingerprint density at radius 3 is 2.48 bits per heavy atom. The normalized spacial score (nSPS) is 16.7. The molecular formula is C27H23N3O3. The number of benzene rings is 3. The van der Waals surface area contributed by atoms with Gasteiger partial charge in [-0.05, 0) is 73.4 Å². The lowest BCUT2D eigenvalue weighted by Crippen LogP contribution is -2.24. The fraction of sp³-hybridized carbons (Fsp3) is 0.148. The van der Waals surface area contributed by atoms with Crippen LogP contribution in [-0.4, -0.2) is 29.2 Å². The fourth-order valence-electron chi connectivity index (χ4n) is 4.31. The van der Waals surface area contributed by atoms with Crippen LogP contribution < -0.4 is 9.91 Å². The summed E-state index contributed by atoms with van der Waals surface area (Å²) in [6.45, 7) is 3.02. The van der Waals surface area contributed by atoms with Gasteiger partial charge in [-0.2, -0.15) is 10.1 Å². The number of carboxylic acids is 1. The first-order valence-corrected chi connectivity index (χ1v) is 10.9. The molecular weight excluding hydrogens is 414 g/mol. The number of aryl methyl sites for hydroxylation is 2. The molecule has 1 N–H and O–H groups in total. The maximum absolute atomic E-state index is 13.0. The second-order valence-electron chi connectivity index (χ2n) is 8.24. The largest absolute Gasteiger partial charge is 0.476 e. The SMILES string of the molecule is Cc1ccc(N2CCCc3cc(/C=C4\C(=O)N(c5ccccc5)N=C4C(=O)O)ccc32)cc1. The average Bonchev–Trinajstić information content (AvgIpc) is 3.16. The molecule has 0 unspecified atom stereocenters. The molecule has 2 aliphatic heterocycles. The highest BCUT2D eigenvalue weighted by molar-refractivity contribution is 6.53. The van der Waals surface area contributed by atoms with E-state index in [1.54, 1.807) is 30.3 Å². The Morgan fingerprint density at radius 1 is 1.00 bits per heavy atom. The Hall–Kier alpha value is -4.19. The average molecular weight is 437 g/mol. The number of rotatable bonds is 4. The van der Waals surface area contributed by atoms with Gasteiger partial charge in [0.05, 0.1) is 11.3 Å². The lowest BCUT2D eigenvalue weighted by atomic mass is 9.97. The van der Waals surface area contributed by atoms with Crippen LogP contribution in [0.4, 0.5) is 17.1 Å². The molecule has 5 rings (SSSR count). The van der Waals surface area contributed by atoms with Crippen LogP contribution in [-0.2, 0) is 16.0 Å². The molecule has 33 heavy (non-hydrogen) atoms. The molecule has 0 saturated carbocycles. The summed E-state index contributed by atoms with van der Waals surface area (Å²) in [7, 11) is 0. The third kappa shape index (κ3) is 3.91. The van der Waals surface area contributed by atoms with Crippen molar-refractivity contribution in [1.29, 1.82) is 0 Å². The number of anilines is 3. The van der Waals surface area contributed by atoms with Crippen LogP contribution in [0.15, 0.2) is 83.5 Å². The second-order valence-corrected chi connectivity index (χ2v) is 8.24. The zero-order valence-electron chi connectivity index (χ0n) is 18.2. The molecule has 2 aliphatic rings. The number of hydrogen-bond acceptors (Lipinski definition) is 4. The number of hydrazone groups is 1. The van der Waals surface area contributed by atoms with Crippen molar-refractivity contribution in [2.45, 2.75) is 19.8 Å². The molecule has 6 nitrogen and oxygen atoms in total. The zero-order valence-corrected chi connectivity index (χ0v) is 18.2. The van der Waals surface area contributed by atoms with E-state index in [0.29, 0.717) is 5.69 Å². The summed E-state index contributed by atoms with van der Waals surface area (Å²) in [6.07, 6.45) is 3.57. The number of carboxylic acid groups (broad SMARTS) is 1. The second kappa shape index (κ2) is 8.39. The quantitative estimate of drug-likeness (QED) is 0.586. The number of carbonyl (C=O) groups is 2. The van der Waals surface area contributed by atoms with Crippen LogP contribution in [0, 0.1) is 6.92 Å². The molecule has 0 fully saturated rings. The van der Waals surface area contributed by atoms with E-state index in [1.807, 2.05) is 24.3 Å². The van der Waals surface area contributed by atoms with Crippen molar-refractivity contribution in [3.8, 4) is 0 Å². The topological polar surface area (TPSA) is 73.2 Å². The highest BCUT2D eigenvalue weighted by Gasteiger charge is 2.35. The monoisotopic (exact) mass is 437 g/mol. The van der Waals surface area contributed by atoms with Crippen LogP contribution in [0.25, 0.3) is 6.08 Å². The molecule has 6 heteroatoms. The Bertz CT molecular complexity index is 1290. The fourth-order valence-corrected chi connectivity index (χ4v) is 4.31. The van der Waals surface area contributed by atoms with E-state index >= 15 is 0 Å². The molecule has 0 radical (unpaired) electrons. The van der Waals surface area contributed by atoms with Gasteiger partial charge >= 0.3 is 5.97 Å². The molecule has 0 saturated heterocycles. The van der Waals surface area contributed by atoms with Crippen LogP contribution >= 0.6 is 0 Å². The van der Waals surface area contributed by atoms with E-state index in [-0.39, 0.29) is 11.3 Å². The summed E-state index contributed by atoms with van der Waals surface area (Å²) >= 11 is 0. The number of fused-ring (bicyclic) bond motifs is 1. The Balaban J connectivity index is 1.49. The number of hydrogen-bond donors (Lipinski definition) is 1. The highest BCUT2D eigenvalue weighted by Crippen LogP contribution is 2.35. The molecule has 0 aromatic heterocycles. The van der Waals surface area contributed by atoms with Crippen LogP contribution in [0.5, 0.6) is 0 Å². The van der Waals surface area contributed by atoms with Gasteiger partial charge in [0, 0.05) is 17.9 Å². The Labute approximate surface area is 192 Å². The summed E-state index contributed by atoms with van der Waals surface area (Å²) in [5.41, 5.74) is 5.84. The van der Waals surface area contributed by atoms with Crippen molar-refractivity contribution in [1.82, 2.24) is 0 Å². The van der Waals surface area contributed by atoms with Crippen molar-refractivity contribution < 1.29 is 14.7 Å². The molecule has 0 spiro atoms. The van der Waals surface area contributed by atoms with Gasteiger partial charge in [0.25, 0.3) is 5.91 Å². The molecule has 0 bridgehead atoms. The number of carbonyl (C=O) groups excluding carboxylic acids is 1. The van der Waals surface area contributed by atoms with Crippen LogP contribution in [0.3, 0.4) is 0 Å². The highest BCUT2D eigenvalue weighted by atomic mass is 16.4. The van der Waals surface area contributed by atoms with E-state index < -0.39 is 11.9 Å². The molecule has 3 aromatic carbocycles. The van der Waals surface area contributed by atoms with Gasteiger partial charge in [0.2, 0.25) is 0 Å². The minimum Gasteiger partial charge on any atom is -0.476 e. The molecule has 3 aromatic rings. The van der Waals surface area contributed by atoms with Gasteiger partial charge in [-0.25, -0.2) is 4.79 Å². The molecule has 164 valence electrons. The van der Waals surface area contributed by atoms with E-state index in [1.165, 1.54) is 11.1 Å². The van der Waals surface area contributed by atoms with Gasteiger partial charge in [-0.3, -0.25) is 4.79 Å².